The van der Waals surface area contributed by atoms with E-state index < -0.39 is 10.0 Å². The van der Waals surface area contributed by atoms with Gasteiger partial charge in [0.05, 0.1) is 24.1 Å². The minimum Gasteiger partial charge on any atom is -0.495 e. The van der Waals surface area contributed by atoms with E-state index >= 15 is 0 Å². The molecule has 10 nitrogen and oxygen atoms in total. The molecule has 3 aromatic carbocycles. The van der Waals surface area contributed by atoms with Crippen molar-refractivity contribution in [3.05, 3.63) is 87.5 Å². The van der Waals surface area contributed by atoms with Crippen molar-refractivity contribution in [2.24, 2.45) is 0 Å². The van der Waals surface area contributed by atoms with Crippen LogP contribution < -0.4 is 15.4 Å². The van der Waals surface area contributed by atoms with Crippen LogP contribution in [0.1, 0.15) is 40.9 Å². The second-order valence-electron chi connectivity index (χ2n) is 12.6. The number of hydrogen-bond donors (Lipinski definition) is 2. The summed E-state index contributed by atoms with van der Waals surface area (Å²) in [6.45, 7) is 5.74. The number of sulfonamides is 1. The first-order valence-corrected chi connectivity index (χ1v) is 19.2. The van der Waals surface area contributed by atoms with Crippen LogP contribution in [0.3, 0.4) is 0 Å². The maximum absolute atomic E-state index is 13.1. The summed E-state index contributed by atoms with van der Waals surface area (Å²) in [7, 11) is -1.80. The number of nitrogens with zero attached hydrogens (tertiary/aromatic N) is 4. The Labute approximate surface area is 298 Å². The van der Waals surface area contributed by atoms with Gasteiger partial charge in [0.2, 0.25) is 10.0 Å². The van der Waals surface area contributed by atoms with Crippen LogP contribution in [0.4, 0.5) is 5.69 Å². The predicted octanol–water partition coefficient (Wildman–Crippen LogP) is 6.18. The number of aryl methyl sites for hydroxylation is 1. The minimum absolute atomic E-state index is 0.203. The first-order valence-electron chi connectivity index (χ1n) is 16.6. The summed E-state index contributed by atoms with van der Waals surface area (Å²) < 4.78 is 33.9. The molecule has 4 aromatic rings. The number of amides is 1. The summed E-state index contributed by atoms with van der Waals surface area (Å²) in [4.78, 5) is 15.6. The van der Waals surface area contributed by atoms with Crippen LogP contribution in [0.25, 0.3) is 22.4 Å². The number of methoxy groups -OCH3 is 1. The molecule has 0 spiro atoms. The van der Waals surface area contributed by atoms with Gasteiger partial charge in [0.1, 0.15) is 5.75 Å². The number of carbonyl (C=O) groups excluding carboxylic acids is 1. The van der Waals surface area contributed by atoms with E-state index in [0.717, 1.165) is 71.9 Å². The van der Waals surface area contributed by atoms with E-state index in [1.54, 1.807) is 25.3 Å². The molecule has 13 heteroatoms. The second-order valence-corrected chi connectivity index (χ2v) is 15.4. The molecule has 1 saturated heterocycles. The van der Waals surface area contributed by atoms with Crippen molar-refractivity contribution in [3.63, 3.8) is 0 Å². The lowest BCUT2D eigenvalue weighted by atomic mass is 9.97. The van der Waals surface area contributed by atoms with Crippen molar-refractivity contribution in [2.45, 2.75) is 38.8 Å². The van der Waals surface area contributed by atoms with Crippen LogP contribution in [0.2, 0.25) is 10.0 Å². The summed E-state index contributed by atoms with van der Waals surface area (Å²) >= 11 is 13.0. The van der Waals surface area contributed by atoms with E-state index in [-0.39, 0.29) is 12.5 Å². The second kappa shape index (κ2) is 15.5. The molecule has 0 radical (unpaired) electrons. The highest BCUT2D eigenvalue weighted by Crippen LogP contribution is 2.36. The number of anilines is 1. The number of fused-ring (bicyclic) bond motifs is 1. The highest BCUT2D eigenvalue weighted by Gasteiger charge is 2.30. The summed E-state index contributed by atoms with van der Waals surface area (Å²) in [5, 5.41) is 12.3. The van der Waals surface area contributed by atoms with Gasteiger partial charge in [-0.15, -0.1) is 0 Å². The van der Waals surface area contributed by atoms with Crippen molar-refractivity contribution in [3.8, 4) is 28.1 Å². The van der Waals surface area contributed by atoms with Crippen LogP contribution in [0.15, 0.2) is 60.7 Å². The van der Waals surface area contributed by atoms with Gasteiger partial charge in [-0.1, -0.05) is 41.4 Å². The summed E-state index contributed by atoms with van der Waals surface area (Å²) in [6.07, 6.45) is 5.37. The quantitative estimate of drug-likeness (QED) is 0.159. The van der Waals surface area contributed by atoms with E-state index in [2.05, 4.69) is 20.2 Å². The maximum Gasteiger partial charge on any atom is 0.251 e. The molecular formula is C36H42Cl2N6O4S. The van der Waals surface area contributed by atoms with E-state index in [0.29, 0.717) is 47.4 Å². The number of carbonyl (C=O) groups is 1. The normalized spacial score (nSPS) is 15.3. The smallest absolute Gasteiger partial charge is 0.251 e. The van der Waals surface area contributed by atoms with Crippen molar-refractivity contribution in [1.82, 2.24) is 24.3 Å². The van der Waals surface area contributed by atoms with Gasteiger partial charge in [0.15, 0.2) is 0 Å². The van der Waals surface area contributed by atoms with E-state index in [9.17, 15) is 13.2 Å². The topological polar surface area (TPSA) is 109 Å². The monoisotopic (exact) mass is 724 g/mol. The average molecular weight is 726 g/mol. The number of likely N-dealkylation sites (tertiary alicyclic amines) is 1. The summed E-state index contributed by atoms with van der Waals surface area (Å²) in [5.74, 6) is 0.397. The van der Waals surface area contributed by atoms with E-state index in [1.165, 1.54) is 23.4 Å². The van der Waals surface area contributed by atoms with Gasteiger partial charge in [-0.25, -0.2) is 8.42 Å². The van der Waals surface area contributed by atoms with Gasteiger partial charge < -0.3 is 20.3 Å². The highest BCUT2D eigenvalue weighted by molar-refractivity contribution is 7.88. The minimum atomic E-state index is -3.37. The van der Waals surface area contributed by atoms with Gasteiger partial charge in [-0.2, -0.15) is 9.40 Å². The number of hydrogen-bond acceptors (Lipinski definition) is 7. The molecule has 6 rings (SSSR count). The number of aromatic nitrogens is 2. The third-order valence-corrected chi connectivity index (χ3v) is 11.1. The molecule has 49 heavy (non-hydrogen) atoms. The fourth-order valence-corrected chi connectivity index (χ4v) is 7.87. The Morgan fingerprint density at radius 2 is 1.76 bits per heavy atom. The fraction of sp³-hybridized carbons (Fsp3) is 0.389. The average Bonchev–Trinajstić information content (AvgIpc) is 3.75. The zero-order valence-electron chi connectivity index (χ0n) is 27.8. The third kappa shape index (κ3) is 8.41. The largest absolute Gasteiger partial charge is 0.495 e. The molecule has 1 amide bonds. The van der Waals surface area contributed by atoms with Crippen LogP contribution in [-0.2, 0) is 29.5 Å². The van der Waals surface area contributed by atoms with E-state index in [4.69, 9.17) is 33.0 Å². The number of ether oxygens (including phenoxy) is 1. The van der Waals surface area contributed by atoms with Crippen molar-refractivity contribution in [2.75, 3.05) is 58.0 Å². The van der Waals surface area contributed by atoms with Gasteiger partial charge in [0.25, 0.3) is 5.91 Å². The molecule has 260 valence electrons. The number of benzene rings is 3. The molecular weight excluding hydrogens is 683 g/mol. The Morgan fingerprint density at radius 1 is 0.939 bits per heavy atom. The SMILES string of the molecule is COc1ccc(NCCNC(=O)c2cccc(-c3cc(-c4nn(CCCN5CCCC5)c5c4CN(S(C)(=O)=O)CC5)ccc3Cl)c2)cc1Cl. The van der Waals surface area contributed by atoms with Gasteiger partial charge in [-0.3, -0.25) is 9.48 Å². The highest BCUT2D eigenvalue weighted by atomic mass is 35.5. The van der Waals surface area contributed by atoms with Gasteiger partial charge in [-0.05, 0) is 86.9 Å². The zero-order chi connectivity index (χ0) is 34.5. The first kappa shape index (κ1) is 35.2. The molecule has 2 aliphatic heterocycles. The van der Waals surface area contributed by atoms with Crippen LogP contribution in [0, 0.1) is 0 Å². The summed E-state index contributed by atoms with van der Waals surface area (Å²) in [6, 6.07) is 18.6. The molecule has 1 aromatic heterocycles. The maximum atomic E-state index is 13.1. The molecule has 0 atom stereocenters. The molecule has 3 heterocycles. The van der Waals surface area contributed by atoms with E-state index in [1.807, 2.05) is 42.5 Å². The van der Waals surface area contributed by atoms with Gasteiger partial charge >= 0.3 is 0 Å². The molecule has 0 aliphatic carbocycles. The Bertz CT molecular complexity index is 1930. The Balaban J connectivity index is 1.19. The standard InChI is InChI=1S/C36H42Cl2N6O4S/c1-48-34-12-10-28(23-32(34)38)39-14-15-40-36(45)27-8-5-7-25(21-27)29-22-26(9-11-31(29)37)35-30-24-43(49(2,46)47)20-13-33(30)44(41-35)19-6-18-42-16-3-4-17-42/h5,7-12,21-23,39H,3-4,6,13-20,24H2,1-2H3,(H,40,45). The molecule has 0 unspecified atom stereocenters. The van der Waals surface area contributed by atoms with Gasteiger partial charge in [0, 0.05) is 77.8 Å². The van der Waals surface area contributed by atoms with Crippen molar-refractivity contribution < 1.29 is 17.9 Å². The van der Waals surface area contributed by atoms with Crippen LogP contribution >= 0.6 is 23.2 Å². The first-order chi connectivity index (χ1) is 23.6. The Morgan fingerprint density at radius 3 is 2.51 bits per heavy atom. The number of halogens is 2. The summed E-state index contributed by atoms with van der Waals surface area (Å²) in [5.41, 5.74) is 6.54. The fourth-order valence-electron chi connectivity index (χ4n) is 6.60. The van der Waals surface area contributed by atoms with Crippen LogP contribution in [0.5, 0.6) is 5.75 Å². The molecule has 1 fully saturated rings. The Kier molecular flexibility index (Phi) is 11.2. The third-order valence-electron chi connectivity index (χ3n) is 9.18. The molecule has 0 bridgehead atoms. The predicted molar refractivity (Wildman–Crippen MR) is 196 cm³/mol. The van der Waals surface area contributed by atoms with Crippen molar-refractivity contribution >= 4 is 44.8 Å². The lowest BCUT2D eigenvalue weighted by Gasteiger charge is -2.26. The van der Waals surface area contributed by atoms with Crippen LogP contribution in [-0.4, -0.2) is 85.9 Å². The van der Waals surface area contributed by atoms with Crippen molar-refractivity contribution in [1.29, 1.82) is 0 Å². The number of rotatable bonds is 13. The lowest BCUT2D eigenvalue weighted by Crippen LogP contribution is -2.35. The zero-order valence-corrected chi connectivity index (χ0v) is 30.2. The Hall–Kier alpha value is -3.61. The number of nitrogens with one attached hydrogen (secondary N) is 2. The molecule has 0 saturated carbocycles. The molecule has 2 N–H and O–H groups in total. The lowest BCUT2D eigenvalue weighted by molar-refractivity contribution is 0.0955. The molecule has 2 aliphatic rings.